The number of thioether (sulfide) groups is 1. The van der Waals surface area contributed by atoms with Crippen molar-refractivity contribution in [2.24, 2.45) is 0 Å². The Balaban J connectivity index is 2.59. The van der Waals surface area contributed by atoms with Crippen LogP contribution in [0.2, 0.25) is 0 Å². The summed E-state index contributed by atoms with van der Waals surface area (Å²) in [5.41, 5.74) is 0. The highest BCUT2D eigenvalue weighted by molar-refractivity contribution is 7.98. The quantitative estimate of drug-likeness (QED) is 0.775. The molecule has 1 heterocycles. The van der Waals surface area contributed by atoms with Crippen molar-refractivity contribution in [2.45, 2.75) is 38.8 Å². The molecule has 0 fully saturated rings. The van der Waals surface area contributed by atoms with E-state index < -0.39 is 6.04 Å². The molecule has 0 bridgehead atoms. The zero-order valence-electron chi connectivity index (χ0n) is 12.1. The highest BCUT2D eigenvalue weighted by atomic mass is 32.2. The largest absolute Gasteiger partial charge is 0.347 e. The summed E-state index contributed by atoms with van der Waals surface area (Å²) in [6, 6.07) is 3.49. The second kappa shape index (κ2) is 9.02. The standard InChI is InChI=1S/C14H22N2O2S2/c1-4-13(17)16-11(7-9-19-3)14(18)15-10(2)12-6-5-8-20-12/h5-6,8,10-11H,4,7,9H2,1-3H3,(H,15,18)(H,16,17)/t10-,11-/m0/s1. The second-order valence-electron chi connectivity index (χ2n) is 4.50. The van der Waals surface area contributed by atoms with Gasteiger partial charge in [-0.3, -0.25) is 9.59 Å². The number of thiophene rings is 1. The third kappa shape index (κ3) is 5.54. The maximum absolute atomic E-state index is 12.3. The molecule has 2 atom stereocenters. The Morgan fingerprint density at radius 3 is 2.70 bits per heavy atom. The summed E-state index contributed by atoms with van der Waals surface area (Å²) in [4.78, 5) is 24.9. The van der Waals surface area contributed by atoms with Crippen LogP contribution in [0, 0.1) is 0 Å². The van der Waals surface area contributed by atoms with E-state index >= 15 is 0 Å². The molecule has 0 saturated heterocycles. The van der Waals surface area contributed by atoms with Crippen molar-refractivity contribution in [1.82, 2.24) is 10.6 Å². The molecule has 20 heavy (non-hydrogen) atoms. The van der Waals surface area contributed by atoms with Crippen LogP contribution in [0.5, 0.6) is 0 Å². The van der Waals surface area contributed by atoms with E-state index in [1.807, 2.05) is 30.7 Å². The van der Waals surface area contributed by atoms with Gasteiger partial charge in [0.15, 0.2) is 0 Å². The van der Waals surface area contributed by atoms with Gasteiger partial charge in [0.05, 0.1) is 6.04 Å². The normalized spacial score (nSPS) is 13.6. The Morgan fingerprint density at radius 2 is 2.15 bits per heavy atom. The lowest BCUT2D eigenvalue weighted by Crippen LogP contribution is -2.47. The van der Waals surface area contributed by atoms with E-state index in [-0.39, 0.29) is 17.9 Å². The van der Waals surface area contributed by atoms with E-state index in [9.17, 15) is 9.59 Å². The van der Waals surface area contributed by atoms with Gasteiger partial charge in [-0.25, -0.2) is 0 Å². The van der Waals surface area contributed by atoms with Gasteiger partial charge in [-0.2, -0.15) is 11.8 Å². The molecular formula is C14H22N2O2S2. The van der Waals surface area contributed by atoms with Crippen molar-refractivity contribution < 1.29 is 9.59 Å². The number of carbonyl (C=O) groups is 2. The van der Waals surface area contributed by atoms with E-state index in [4.69, 9.17) is 0 Å². The van der Waals surface area contributed by atoms with Crippen LogP contribution in [-0.4, -0.2) is 29.9 Å². The fourth-order valence-corrected chi connectivity index (χ4v) is 2.93. The maximum atomic E-state index is 12.3. The number of nitrogens with one attached hydrogen (secondary N) is 2. The van der Waals surface area contributed by atoms with Gasteiger partial charge in [-0.05, 0) is 36.8 Å². The minimum absolute atomic E-state index is 0.0298. The lowest BCUT2D eigenvalue weighted by molar-refractivity contribution is -0.129. The maximum Gasteiger partial charge on any atom is 0.243 e. The summed E-state index contributed by atoms with van der Waals surface area (Å²) in [5.74, 6) is 0.645. The third-order valence-corrected chi connectivity index (χ3v) is 4.61. The summed E-state index contributed by atoms with van der Waals surface area (Å²) in [5, 5.41) is 7.75. The minimum Gasteiger partial charge on any atom is -0.347 e. The molecule has 0 aliphatic rings. The summed E-state index contributed by atoms with van der Waals surface area (Å²) < 4.78 is 0. The summed E-state index contributed by atoms with van der Waals surface area (Å²) in [7, 11) is 0. The molecule has 0 aliphatic carbocycles. The van der Waals surface area contributed by atoms with Crippen LogP contribution in [0.4, 0.5) is 0 Å². The molecule has 112 valence electrons. The van der Waals surface area contributed by atoms with Gasteiger partial charge in [-0.15, -0.1) is 11.3 Å². The zero-order valence-corrected chi connectivity index (χ0v) is 13.8. The minimum atomic E-state index is -0.447. The Labute approximate surface area is 128 Å². The number of amides is 2. The topological polar surface area (TPSA) is 58.2 Å². The van der Waals surface area contributed by atoms with Gasteiger partial charge in [0.2, 0.25) is 11.8 Å². The Bertz CT molecular complexity index is 421. The van der Waals surface area contributed by atoms with Crippen LogP contribution in [0.1, 0.15) is 37.6 Å². The molecule has 1 rings (SSSR count). The van der Waals surface area contributed by atoms with E-state index in [1.54, 1.807) is 30.0 Å². The average molecular weight is 314 g/mol. The van der Waals surface area contributed by atoms with Crippen molar-refractivity contribution in [3.63, 3.8) is 0 Å². The lowest BCUT2D eigenvalue weighted by Gasteiger charge is -2.20. The first-order valence-corrected chi connectivity index (χ1v) is 8.97. The summed E-state index contributed by atoms with van der Waals surface area (Å²) in [6.07, 6.45) is 3.03. The molecule has 0 aromatic carbocycles. The molecule has 6 heteroatoms. The highest BCUT2D eigenvalue weighted by Gasteiger charge is 2.21. The molecular weight excluding hydrogens is 292 g/mol. The van der Waals surface area contributed by atoms with Crippen LogP contribution in [0.15, 0.2) is 17.5 Å². The number of hydrogen-bond donors (Lipinski definition) is 2. The molecule has 0 radical (unpaired) electrons. The average Bonchev–Trinajstić information content (AvgIpc) is 2.97. The van der Waals surface area contributed by atoms with E-state index in [1.165, 1.54) is 0 Å². The first-order chi connectivity index (χ1) is 9.58. The SMILES string of the molecule is CCC(=O)N[C@@H](CCSC)C(=O)N[C@@H](C)c1cccs1. The predicted octanol–water partition coefficient (Wildman–Crippen LogP) is 2.57. The first-order valence-electron chi connectivity index (χ1n) is 6.70. The van der Waals surface area contributed by atoms with Crippen LogP contribution >= 0.6 is 23.1 Å². The third-order valence-electron chi connectivity index (χ3n) is 2.91. The number of hydrogen-bond acceptors (Lipinski definition) is 4. The van der Waals surface area contributed by atoms with Gasteiger partial charge in [-0.1, -0.05) is 13.0 Å². The van der Waals surface area contributed by atoms with Crippen molar-refractivity contribution in [1.29, 1.82) is 0 Å². The number of carbonyl (C=O) groups excluding carboxylic acids is 2. The molecule has 0 spiro atoms. The zero-order chi connectivity index (χ0) is 15.0. The molecule has 0 saturated carbocycles. The molecule has 2 N–H and O–H groups in total. The van der Waals surface area contributed by atoms with Gasteiger partial charge in [0, 0.05) is 11.3 Å². The van der Waals surface area contributed by atoms with Crippen LogP contribution in [0.25, 0.3) is 0 Å². The van der Waals surface area contributed by atoms with Gasteiger partial charge in [0.25, 0.3) is 0 Å². The van der Waals surface area contributed by atoms with Crippen molar-refractivity contribution >= 4 is 34.9 Å². The molecule has 1 aromatic heterocycles. The lowest BCUT2D eigenvalue weighted by atomic mass is 10.1. The Morgan fingerprint density at radius 1 is 1.40 bits per heavy atom. The van der Waals surface area contributed by atoms with Crippen LogP contribution < -0.4 is 10.6 Å². The smallest absolute Gasteiger partial charge is 0.243 e. The fourth-order valence-electron chi connectivity index (χ4n) is 1.72. The Kier molecular flexibility index (Phi) is 7.69. The van der Waals surface area contributed by atoms with E-state index in [0.717, 1.165) is 10.6 Å². The van der Waals surface area contributed by atoms with Crippen molar-refractivity contribution in [3.8, 4) is 0 Å². The fraction of sp³-hybridized carbons (Fsp3) is 0.571. The van der Waals surface area contributed by atoms with Gasteiger partial charge < -0.3 is 10.6 Å². The molecule has 4 nitrogen and oxygen atoms in total. The van der Waals surface area contributed by atoms with Crippen molar-refractivity contribution in [3.05, 3.63) is 22.4 Å². The monoisotopic (exact) mass is 314 g/mol. The van der Waals surface area contributed by atoms with Crippen molar-refractivity contribution in [2.75, 3.05) is 12.0 Å². The van der Waals surface area contributed by atoms with Crippen LogP contribution in [-0.2, 0) is 9.59 Å². The number of rotatable bonds is 8. The molecule has 0 unspecified atom stereocenters. The van der Waals surface area contributed by atoms with Gasteiger partial charge >= 0.3 is 0 Å². The predicted molar refractivity (Wildman–Crippen MR) is 86.1 cm³/mol. The second-order valence-corrected chi connectivity index (χ2v) is 6.47. The molecule has 1 aromatic rings. The summed E-state index contributed by atoms with van der Waals surface area (Å²) >= 11 is 3.28. The molecule has 0 aliphatic heterocycles. The van der Waals surface area contributed by atoms with E-state index in [0.29, 0.717) is 12.8 Å². The first kappa shape index (κ1) is 17.0. The highest BCUT2D eigenvalue weighted by Crippen LogP contribution is 2.18. The molecule has 2 amide bonds. The summed E-state index contributed by atoms with van der Waals surface area (Å²) in [6.45, 7) is 3.74. The van der Waals surface area contributed by atoms with Gasteiger partial charge in [0.1, 0.15) is 6.04 Å². The van der Waals surface area contributed by atoms with Crippen LogP contribution in [0.3, 0.4) is 0 Å². The van der Waals surface area contributed by atoms with E-state index in [2.05, 4.69) is 10.6 Å². The Hall–Kier alpha value is -1.01.